The topological polar surface area (TPSA) is 90.9 Å². The summed E-state index contributed by atoms with van der Waals surface area (Å²) in [4.78, 5) is 12.1. The minimum absolute atomic E-state index is 0.0823. The van der Waals surface area contributed by atoms with Gasteiger partial charge in [0.05, 0.1) is 19.1 Å². The van der Waals surface area contributed by atoms with Gasteiger partial charge in [0.2, 0.25) is 5.75 Å². The molecule has 3 aromatic rings. The van der Waals surface area contributed by atoms with E-state index in [1.807, 2.05) is 18.2 Å². The van der Waals surface area contributed by atoms with Crippen LogP contribution in [0.3, 0.4) is 0 Å². The zero-order valence-electron chi connectivity index (χ0n) is 18.0. The van der Waals surface area contributed by atoms with Crippen LogP contribution in [0.25, 0.3) is 11.1 Å². The number of methoxy groups -OCH3 is 2. The molecule has 166 valence electrons. The molecule has 0 atom stereocenters. The number of carbonyl (C=O) groups excluding carboxylic acids is 1. The van der Waals surface area contributed by atoms with Crippen molar-refractivity contribution in [3.8, 4) is 28.4 Å². The summed E-state index contributed by atoms with van der Waals surface area (Å²) in [5, 5.41) is 2.82. The number of hydrogen-bond donors (Lipinski definition) is 1. The van der Waals surface area contributed by atoms with E-state index in [1.165, 1.54) is 13.4 Å². The highest BCUT2D eigenvalue weighted by Gasteiger charge is 2.22. The van der Waals surface area contributed by atoms with Gasteiger partial charge in [0.1, 0.15) is 6.61 Å². The third-order valence-corrected chi connectivity index (χ3v) is 6.42. The van der Waals surface area contributed by atoms with Crippen molar-refractivity contribution in [3.63, 3.8) is 0 Å². The van der Waals surface area contributed by atoms with Gasteiger partial charge in [-0.3, -0.25) is 4.79 Å². The summed E-state index contributed by atoms with van der Waals surface area (Å²) in [6, 6.07) is 15.9. The number of fused-ring (bicyclic) bond motifs is 1. The molecule has 32 heavy (non-hydrogen) atoms. The molecule has 0 aromatic heterocycles. The maximum atomic E-state index is 11.9. The number of hydrogen-bond acceptors (Lipinski definition) is 6. The molecule has 3 aromatic carbocycles. The van der Waals surface area contributed by atoms with Crippen LogP contribution < -0.4 is 19.5 Å². The summed E-state index contributed by atoms with van der Waals surface area (Å²) in [6.07, 6.45) is 1.17. The van der Waals surface area contributed by atoms with Crippen LogP contribution in [-0.2, 0) is 23.0 Å². The largest absolute Gasteiger partial charge is 0.493 e. The highest BCUT2D eigenvalue weighted by Crippen LogP contribution is 2.45. The number of ether oxygens (including phenoxy) is 3. The Balaban J connectivity index is 1.74. The summed E-state index contributed by atoms with van der Waals surface area (Å²) in [6.45, 7) is 0.606. The molecule has 8 heteroatoms. The molecule has 0 bridgehead atoms. The lowest BCUT2D eigenvalue weighted by molar-refractivity contribution is 0.0965. The van der Waals surface area contributed by atoms with Crippen molar-refractivity contribution in [3.05, 3.63) is 71.3 Å². The third kappa shape index (κ3) is 4.13. The van der Waals surface area contributed by atoms with E-state index in [9.17, 15) is 13.2 Å². The number of carbonyl (C=O) groups is 1. The molecular weight excluding hydrogens is 430 g/mol. The van der Waals surface area contributed by atoms with Gasteiger partial charge in [-0.15, -0.1) is 0 Å². The molecule has 1 aliphatic heterocycles. The molecule has 1 amide bonds. The van der Waals surface area contributed by atoms with E-state index >= 15 is 0 Å². The molecule has 0 unspecified atom stereocenters. The average molecular weight is 454 g/mol. The Morgan fingerprint density at radius 2 is 1.72 bits per heavy atom. The first kappa shape index (κ1) is 21.7. The summed E-state index contributed by atoms with van der Waals surface area (Å²) in [5.74, 6) is 1.32. The molecule has 0 saturated carbocycles. The van der Waals surface area contributed by atoms with E-state index in [1.54, 1.807) is 43.5 Å². The Hall–Kier alpha value is -3.52. The summed E-state index contributed by atoms with van der Waals surface area (Å²) in [7, 11) is -0.250. The molecule has 1 heterocycles. The van der Waals surface area contributed by atoms with E-state index in [0.29, 0.717) is 34.9 Å². The number of sulfone groups is 1. The molecule has 4 rings (SSSR count). The lowest BCUT2D eigenvalue weighted by atomic mass is 9.99. The number of benzene rings is 3. The van der Waals surface area contributed by atoms with Gasteiger partial charge in [0.25, 0.3) is 5.91 Å². The molecule has 7 nitrogen and oxygen atoms in total. The van der Waals surface area contributed by atoms with Crippen molar-refractivity contribution >= 4 is 15.7 Å². The van der Waals surface area contributed by atoms with Crippen molar-refractivity contribution in [1.29, 1.82) is 0 Å². The van der Waals surface area contributed by atoms with Gasteiger partial charge in [0.15, 0.2) is 21.3 Å². The third-order valence-electron chi connectivity index (χ3n) is 5.31. The molecule has 0 fully saturated rings. The van der Waals surface area contributed by atoms with Crippen LogP contribution in [0, 0.1) is 0 Å². The van der Waals surface area contributed by atoms with Crippen LogP contribution in [0.1, 0.15) is 21.5 Å². The van der Waals surface area contributed by atoms with Crippen molar-refractivity contribution in [2.75, 3.05) is 20.5 Å². The van der Waals surface area contributed by atoms with Crippen molar-refractivity contribution in [2.24, 2.45) is 0 Å². The van der Waals surface area contributed by atoms with Crippen LogP contribution in [0.5, 0.6) is 17.2 Å². The van der Waals surface area contributed by atoms with Crippen molar-refractivity contribution in [1.82, 2.24) is 5.32 Å². The minimum atomic E-state index is -3.33. The molecule has 1 aliphatic rings. The predicted octanol–water partition coefficient (Wildman–Crippen LogP) is 3.60. The monoisotopic (exact) mass is 453 g/mol. The maximum absolute atomic E-state index is 11.9. The summed E-state index contributed by atoms with van der Waals surface area (Å²) < 4.78 is 41.0. The fraction of sp³-hybridized carbons (Fsp3) is 0.208. The Labute approximate surface area is 186 Å². The van der Waals surface area contributed by atoms with Crippen LogP contribution in [-0.4, -0.2) is 34.8 Å². The van der Waals surface area contributed by atoms with Gasteiger partial charge in [-0.1, -0.05) is 18.2 Å². The lowest BCUT2D eigenvalue weighted by Crippen LogP contribution is -2.12. The number of amides is 1. The quantitative estimate of drug-likeness (QED) is 0.588. The van der Waals surface area contributed by atoms with Crippen molar-refractivity contribution in [2.45, 2.75) is 18.0 Å². The SMILES string of the molecule is COc1ccc(-c2ccc3c(c2)CNC3=O)c(OCc2cccc(S(C)(=O)=O)c2)c1OC. The Kier molecular flexibility index (Phi) is 5.80. The standard InChI is InChI=1S/C24H23NO6S/c1-29-21-10-9-19(16-7-8-20-17(12-16)13-25-24(20)26)22(23(21)30-2)31-14-15-5-4-6-18(11-15)32(3,27)28/h4-12H,13-14H2,1-3H3,(H,25,26). The van der Waals surface area contributed by atoms with E-state index in [2.05, 4.69) is 5.32 Å². The van der Waals surface area contributed by atoms with Crippen LogP contribution >= 0.6 is 0 Å². The lowest BCUT2D eigenvalue weighted by Gasteiger charge is -2.18. The molecule has 0 aliphatic carbocycles. The van der Waals surface area contributed by atoms with E-state index in [0.717, 1.165) is 16.7 Å². The van der Waals surface area contributed by atoms with Crippen LogP contribution in [0.15, 0.2) is 59.5 Å². The molecule has 0 saturated heterocycles. The van der Waals surface area contributed by atoms with Gasteiger partial charge in [-0.05, 0) is 53.1 Å². The number of rotatable bonds is 7. The first-order valence-corrected chi connectivity index (χ1v) is 11.8. The first-order chi connectivity index (χ1) is 15.3. The fourth-order valence-corrected chi connectivity index (χ4v) is 4.38. The zero-order valence-corrected chi connectivity index (χ0v) is 18.8. The molecule has 0 spiro atoms. The van der Waals surface area contributed by atoms with Gasteiger partial charge in [-0.2, -0.15) is 0 Å². The minimum Gasteiger partial charge on any atom is -0.493 e. The molecule has 1 N–H and O–H groups in total. The normalized spacial score (nSPS) is 12.8. The summed E-state index contributed by atoms with van der Waals surface area (Å²) >= 11 is 0. The Bertz CT molecular complexity index is 1300. The average Bonchev–Trinajstić information content (AvgIpc) is 3.16. The Morgan fingerprint density at radius 3 is 2.44 bits per heavy atom. The molecular formula is C24H23NO6S. The van der Waals surface area contributed by atoms with Gasteiger partial charge < -0.3 is 19.5 Å². The highest BCUT2D eigenvalue weighted by molar-refractivity contribution is 7.90. The maximum Gasteiger partial charge on any atom is 0.251 e. The van der Waals surface area contributed by atoms with Gasteiger partial charge in [0, 0.05) is 23.9 Å². The smallest absolute Gasteiger partial charge is 0.251 e. The predicted molar refractivity (Wildman–Crippen MR) is 120 cm³/mol. The molecule has 0 radical (unpaired) electrons. The second-order valence-corrected chi connectivity index (χ2v) is 9.46. The van der Waals surface area contributed by atoms with Gasteiger partial charge >= 0.3 is 0 Å². The van der Waals surface area contributed by atoms with E-state index in [4.69, 9.17) is 14.2 Å². The number of nitrogens with one attached hydrogen (secondary N) is 1. The second-order valence-electron chi connectivity index (χ2n) is 7.44. The first-order valence-electron chi connectivity index (χ1n) is 9.90. The van der Waals surface area contributed by atoms with Gasteiger partial charge in [-0.25, -0.2) is 8.42 Å². The van der Waals surface area contributed by atoms with E-state index < -0.39 is 9.84 Å². The highest BCUT2D eigenvalue weighted by atomic mass is 32.2. The van der Waals surface area contributed by atoms with Crippen LogP contribution in [0.2, 0.25) is 0 Å². The van der Waals surface area contributed by atoms with Crippen molar-refractivity contribution < 1.29 is 27.4 Å². The second kappa shape index (κ2) is 8.55. The summed E-state index contributed by atoms with van der Waals surface area (Å²) in [5.41, 5.74) is 3.90. The Morgan fingerprint density at radius 1 is 0.938 bits per heavy atom. The van der Waals surface area contributed by atoms with Crippen LogP contribution in [0.4, 0.5) is 0 Å². The fourth-order valence-electron chi connectivity index (χ4n) is 3.69. The van der Waals surface area contributed by atoms with E-state index in [-0.39, 0.29) is 17.4 Å². The zero-order chi connectivity index (χ0) is 22.9.